The zero-order valence-electron chi connectivity index (χ0n) is 13.0. The van der Waals surface area contributed by atoms with E-state index >= 15 is 0 Å². The third-order valence-electron chi connectivity index (χ3n) is 4.41. The summed E-state index contributed by atoms with van der Waals surface area (Å²) < 4.78 is 16.9. The quantitative estimate of drug-likeness (QED) is 0.810. The van der Waals surface area contributed by atoms with E-state index in [2.05, 4.69) is 20.8 Å². The molecule has 1 aliphatic heterocycles. The van der Waals surface area contributed by atoms with Gasteiger partial charge in [-0.2, -0.15) is 0 Å². The van der Waals surface area contributed by atoms with Gasteiger partial charge in [-0.25, -0.2) is 0 Å². The lowest BCUT2D eigenvalue weighted by Crippen LogP contribution is -2.42. The van der Waals surface area contributed by atoms with Crippen molar-refractivity contribution < 1.29 is 4.55 Å². The van der Waals surface area contributed by atoms with Gasteiger partial charge in [0.1, 0.15) is 21.8 Å². The van der Waals surface area contributed by atoms with Gasteiger partial charge in [-0.05, 0) is 58.8 Å². The molecular weight excluding hydrogens is 282 g/mol. The van der Waals surface area contributed by atoms with Crippen LogP contribution in [-0.4, -0.2) is 33.1 Å². The number of rotatable bonds is 1. The molecule has 1 N–H and O–H groups in total. The molecule has 1 aliphatic carbocycles. The highest BCUT2D eigenvalue weighted by atomic mass is 32.2. The van der Waals surface area contributed by atoms with Crippen molar-refractivity contribution in [2.45, 2.75) is 44.8 Å². The molecule has 1 fully saturated rings. The summed E-state index contributed by atoms with van der Waals surface area (Å²) in [7, 11) is 0. The minimum Gasteiger partial charge on any atom is -0.591 e. The monoisotopic (exact) mass is 305 g/mol. The number of hydrogen-bond donors (Lipinski definition) is 1. The van der Waals surface area contributed by atoms with Gasteiger partial charge in [0.2, 0.25) is 0 Å². The van der Waals surface area contributed by atoms with Gasteiger partial charge in [-0.15, -0.1) is 0 Å². The third-order valence-corrected chi connectivity index (χ3v) is 5.81. The Morgan fingerprint density at radius 1 is 1.33 bits per heavy atom. The first-order chi connectivity index (χ1) is 9.92. The average Bonchev–Trinajstić information content (AvgIpc) is 2.72. The van der Waals surface area contributed by atoms with Gasteiger partial charge in [-0.3, -0.25) is 4.98 Å². The topological polar surface area (TPSA) is 60.3 Å². The van der Waals surface area contributed by atoms with Crippen LogP contribution in [0.2, 0.25) is 0 Å². The van der Waals surface area contributed by atoms with Crippen LogP contribution < -0.4 is 5.32 Å². The van der Waals surface area contributed by atoms with E-state index in [0.717, 1.165) is 49.3 Å². The number of hydrogen-bond acceptors (Lipinski definition) is 4. The highest BCUT2D eigenvalue weighted by Gasteiger charge is 2.46. The van der Waals surface area contributed by atoms with E-state index in [9.17, 15) is 4.55 Å². The second-order valence-electron chi connectivity index (χ2n) is 7.01. The molecule has 0 saturated carbocycles. The number of nitrogens with one attached hydrogen (secondary N) is 1. The van der Waals surface area contributed by atoms with Crippen LogP contribution in [-0.2, 0) is 17.8 Å². The number of pyridine rings is 1. The predicted molar refractivity (Wildman–Crippen MR) is 86.9 cm³/mol. The standard InChI is InChI=1S/C16H23N3OS/c1-15(2,3)21(20)19-14-12-5-4-8-18-13(12)11-16(14)6-9-17-10-7-16/h4-5,8,17H,6-7,9-11H2,1-3H3/b19-14-. The van der Waals surface area contributed by atoms with E-state index < -0.39 is 11.4 Å². The van der Waals surface area contributed by atoms with Gasteiger partial charge >= 0.3 is 0 Å². The average molecular weight is 305 g/mol. The normalized spacial score (nSPS) is 24.3. The highest BCUT2D eigenvalue weighted by Crippen LogP contribution is 2.43. The summed E-state index contributed by atoms with van der Waals surface area (Å²) in [6.45, 7) is 7.91. The van der Waals surface area contributed by atoms with Crippen LogP contribution in [0.4, 0.5) is 0 Å². The molecule has 1 aromatic heterocycles. The van der Waals surface area contributed by atoms with Crippen LogP contribution in [0.5, 0.6) is 0 Å². The lowest BCUT2D eigenvalue weighted by molar-refractivity contribution is 0.305. The Balaban J connectivity index is 2.05. The van der Waals surface area contributed by atoms with Crippen LogP contribution in [0.25, 0.3) is 0 Å². The predicted octanol–water partition coefficient (Wildman–Crippen LogP) is 2.26. The maximum atomic E-state index is 12.5. The largest absolute Gasteiger partial charge is 0.591 e. The second kappa shape index (κ2) is 5.38. The Labute approximate surface area is 129 Å². The molecular formula is C16H23N3OS. The summed E-state index contributed by atoms with van der Waals surface area (Å²) in [6.07, 6.45) is 4.87. The van der Waals surface area contributed by atoms with Crippen molar-refractivity contribution in [2.75, 3.05) is 13.1 Å². The minimum atomic E-state index is -1.22. The fraction of sp³-hybridized carbons (Fsp3) is 0.625. The first-order valence-corrected chi connectivity index (χ1v) is 8.69. The van der Waals surface area contributed by atoms with E-state index in [4.69, 9.17) is 0 Å². The summed E-state index contributed by atoms with van der Waals surface area (Å²) in [6, 6.07) is 4.03. The van der Waals surface area contributed by atoms with Crippen LogP contribution in [0, 0.1) is 5.41 Å². The van der Waals surface area contributed by atoms with Crippen molar-refractivity contribution in [1.82, 2.24) is 10.3 Å². The van der Waals surface area contributed by atoms with Gasteiger partial charge < -0.3 is 9.87 Å². The molecule has 0 aromatic carbocycles. The molecule has 0 radical (unpaired) electrons. The van der Waals surface area contributed by atoms with Crippen molar-refractivity contribution >= 4 is 17.1 Å². The number of aromatic nitrogens is 1. The Bertz CT molecular complexity index is 559. The Kier molecular flexibility index (Phi) is 3.84. The van der Waals surface area contributed by atoms with Crippen molar-refractivity contribution in [3.8, 4) is 0 Å². The molecule has 2 aliphatic rings. The van der Waals surface area contributed by atoms with Gasteiger partial charge in [0.05, 0.1) is 5.69 Å². The van der Waals surface area contributed by atoms with Crippen molar-refractivity contribution in [1.29, 1.82) is 0 Å². The Hall–Kier alpha value is -0.910. The Morgan fingerprint density at radius 2 is 2.05 bits per heavy atom. The summed E-state index contributed by atoms with van der Waals surface area (Å²) >= 11 is -1.22. The molecule has 1 spiro atoms. The molecule has 114 valence electrons. The summed E-state index contributed by atoms with van der Waals surface area (Å²) in [4.78, 5) is 4.53. The molecule has 4 nitrogen and oxygen atoms in total. The number of fused-ring (bicyclic) bond motifs is 1. The molecule has 0 bridgehead atoms. The second-order valence-corrected chi connectivity index (χ2v) is 8.91. The molecule has 1 unspecified atom stereocenters. The first-order valence-electron chi connectivity index (χ1n) is 7.59. The van der Waals surface area contributed by atoms with Crippen LogP contribution in [0.15, 0.2) is 22.7 Å². The van der Waals surface area contributed by atoms with Gasteiger partial charge in [0.15, 0.2) is 0 Å². The lowest BCUT2D eigenvalue weighted by atomic mass is 9.75. The van der Waals surface area contributed by atoms with Crippen LogP contribution in [0.3, 0.4) is 0 Å². The van der Waals surface area contributed by atoms with Crippen LogP contribution >= 0.6 is 0 Å². The maximum absolute atomic E-state index is 12.5. The molecule has 0 amide bonds. The van der Waals surface area contributed by atoms with Gasteiger partial charge in [0, 0.05) is 23.6 Å². The summed E-state index contributed by atoms with van der Waals surface area (Å²) in [5.74, 6) is 0. The zero-order chi connectivity index (χ0) is 15.1. The smallest absolute Gasteiger partial charge is 0.144 e. The van der Waals surface area contributed by atoms with E-state index in [0.29, 0.717) is 0 Å². The Morgan fingerprint density at radius 3 is 2.71 bits per heavy atom. The van der Waals surface area contributed by atoms with Crippen LogP contribution in [0.1, 0.15) is 44.9 Å². The maximum Gasteiger partial charge on any atom is 0.144 e. The fourth-order valence-corrected chi connectivity index (χ4v) is 3.90. The molecule has 1 aromatic rings. The minimum absolute atomic E-state index is 0.0306. The van der Waals surface area contributed by atoms with E-state index in [1.165, 1.54) is 0 Å². The fourth-order valence-electron chi connectivity index (χ4n) is 3.17. The van der Waals surface area contributed by atoms with Crippen molar-refractivity contribution in [3.63, 3.8) is 0 Å². The SMILES string of the molecule is CC(C)(C)[S+]([O-])/N=C1/c2cccnc2CC12CCNCC2. The molecule has 1 saturated heterocycles. The number of piperidine rings is 1. The van der Waals surface area contributed by atoms with Gasteiger partial charge in [-0.1, -0.05) is 4.40 Å². The van der Waals surface area contributed by atoms with E-state index in [1.54, 1.807) is 0 Å². The van der Waals surface area contributed by atoms with E-state index in [-0.39, 0.29) is 10.2 Å². The number of nitrogens with zero attached hydrogens (tertiary/aromatic N) is 2. The van der Waals surface area contributed by atoms with Gasteiger partial charge in [0.25, 0.3) is 0 Å². The summed E-state index contributed by atoms with van der Waals surface area (Å²) in [5.41, 5.74) is 3.28. The van der Waals surface area contributed by atoms with Crippen molar-refractivity contribution in [3.05, 3.63) is 29.6 Å². The molecule has 21 heavy (non-hydrogen) atoms. The summed E-state index contributed by atoms with van der Waals surface area (Å²) in [5, 5.41) is 3.42. The molecule has 1 atom stereocenters. The highest BCUT2D eigenvalue weighted by molar-refractivity contribution is 7.91. The first kappa shape index (κ1) is 15.0. The van der Waals surface area contributed by atoms with E-state index in [1.807, 2.05) is 33.0 Å². The zero-order valence-corrected chi connectivity index (χ0v) is 13.8. The molecule has 5 heteroatoms. The lowest BCUT2D eigenvalue weighted by Gasteiger charge is -2.34. The molecule has 2 heterocycles. The van der Waals surface area contributed by atoms with Crippen molar-refractivity contribution in [2.24, 2.45) is 9.81 Å². The molecule has 3 rings (SSSR count). The third kappa shape index (κ3) is 2.74.